The van der Waals surface area contributed by atoms with Crippen molar-refractivity contribution < 1.29 is 4.74 Å². The van der Waals surface area contributed by atoms with Crippen LogP contribution >= 0.6 is 0 Å². The molecule has 1 atom stereocenters. The summed E-state index contributed by atoms with van der Waals surface area (Å²) in [6, 6.07) is 6.35. The van der Waals surface area contributed by atoms with Crippen molar-refractivity contribution in [2.45, 2.75) is 26.2 Å². The topological polar surface area (TPSA) is 35.2 Å². The summed E-state index contributed by atoms with van der Waals surface area (Å²) >= 11 is 0. The first kappa shape index (κ1) is 7.77. The minimum Gasteiger partial charge on any atom is -0.372 e. The van der Waals surface area contributed by atoms with Gasteiger partial charge in [-0.15, -0.1) is 0 Å². The van der Waals surface area contributed by atoms with Crippen molar-refractivity contribution in [1.29, 1.82) is 0 Å². The summed E-state index contributed by atoms with van der Waals surface area (Å²) < 4.78 is 5.35. The lowest BCUT2D eigenvalue weighted by molar-refractivity contribution is 0.134. The minimum atomic E-state index is 0.113. The molecule has 0 fully saturated rings. The van der Waals surface area contributed by atoms with E-state index < -0.39 is 0 Å². The molecule has 0 amide bonds. The number of hydrogen-bond donors (Lipinski definition) is 1. The maximum Gasteiger partial charge on any atom is 0.0728 e. The molecule has 1 aliphatic rings. The lowest BCUT2D eigenvalue weighted by atomic mass is 9.99. The van der Waals surface area contributed by atoms with E-state index in [1.54, 1.807) is 0 Å². The van der Waals surface area contributed by atoms with E-state index in [0.29, 0.717) is 0 Å². The molecule has 1 aliphatic heterocycles. The number of fused-ring (bicyclic) bond motifs is 1. The normalized spacial score (nSPS) is 17.5. The van der Waals surface area contributed by atoms with Gasteiger partial charge in [0.15, 0.2) is 0 Å². The van der Waals surface area contributed by atoms with E-state index in [1.807, 2.05) is 13.0 Å². The van der Waals surface area contributed by atoms with Crippen molar-refractivity contribution in [2.24, 2.45) is 5.73 Å². The van der Waals surface area contributed by atoms with Gasteiger partial charge >= 0.3 is 0 Å². The molecule has 0 aromatic heterocycles. The zero-order chi connectivity index (χ0) is 8.55. The molecule has 12 heavy (non-hydrogen) atoms. The Bertz CT molecular complexity index is 294. The molecule has 0 aliphatic carbocycles. The van der Waals surface area contributed by atoms with Gasteiger partial charge in [-0.25, -0.2) is 0 Å². The van der Waals surface area contributed by atoms with Crippen LogP contribution in [0.4, 0.5) is 0 Å². The van der Waals surface area contributed by atoms with Crippen LogP contribution in [0.5, 0.6) is 0 Å². The average Bonchev–Trinajstić information content (AvgIpc) is 2.49. The van der Waals surface area contributed by atoms with Crippen LogP contribution in [0, 0.1) is 0 Å². The Balaban J connectivity index is 2.49. The van der Waals surface area contributed by atoms with Gasteiger partial charge in [0.2, 0.25) is 0 Å². The van der Waals surface area contributed by atoms with E-state index in [2.05, 4.69) is 12.1 Å². The van der Waals surface area contributed by atoms with Gasteiger partial charge < -0.3 is 10.5 Å². The van der Waals surface area contributed by atoms with Crippen molar-refractivity contribution >= 4 is 0 Å². The van der Waals surface area contributed by atoms with Gasteiger partial charge in [0.25, 0.3) is 0 Å². The van der Waals surface area contributed by atoms with Crippen LogP contribution in [-0.2, 0) is 18.0 Å². The van der Waals surface area contributed by atoms with Gasteiger partial charge in [-0.05, 0) is 23.6 Å². The number of rotatable bonds is 1. The van der Waals surface area contributed by atoms with E-state index in [-0.39, 0.29) is 6.04 Å². The predicted molar refractivity (Wildman–Crippen MR) is 47.5 cm³/mol. The van der Waals surface area contributed by atoms with Crippen LogP contribution in [-0.4, -0.2) is 0 Å². The van der Waals surface area contributed by atoms with Crippen molar-refractivity contribution in [1.82, 2.24) is 0 Å². The second-order valence-corrected chi connectivity index (χ2v) is 3.27. The van der Waals surface area contributed by atoms with Crippen LogP contribution in [0.2, 0.25) is 0 Å². The molecule has 0 saturated carbocycles. The molecule has 2 N–H and O–H groups in total. The summed E-state index contributed by atoms with van der Waals surface area (Å²) in [4.78, 5) is 0. The quantitative estimate of drug-likeness (QED) is 0.684. The highest BCUT2D eigenvalue weighted by atomic mass is 16.5. The van der Waals surface area contributed by atoms with Crippen molar-refractivity contribution in [3.05, 3.63) is 34.9 Å². The summed E-state index contributed by atoms with van der Waals surface area (Å²) in [5.74, 6) is 0. The summed E-state index contributed by atoms with van der Waals surface area (Å²) in [7, 11) is 0. The van der Waals surface area contributed by atoms with Crippen molar-refractivity contribution in [3.63, 3.8) is 0 Å². The SMILES string of the molecule is CC(N)c1cccc2c1COC2. The van der Waals surface area contributed by atoms with Crippen LogP contribution < -0.4 is 5.73 Å². The maximum absolute atomic E-state index is 5.83. The Kier molecular flexibility index (Phi) is 1.87. The summed E-state index contributed by atoms with van der Waals surface area (Å²) in [5, 5.41) is 0. The fourth-order valence-electron chi connectivity index (χ4n) is 1.66. The van der Waals surface area contributed by atoms with Crippen molar-refractivity contribution in [3.8, 4) is 0 Å². The monoisotopic (exact) mass is 163 g/mol. The molecule has 1 heterocycles. The van der Waals surface area contributed by atoms with E-state index in [1.165, 1.54) is 16.7 Å². The first-order valence-corrected chi connectivity index (χ1v) is 4.23. The largest absolute Gasteiger partial charge is 0.372 e. The molecule has 0 saturated heterocycles. The molecule has 1 aromatic carbocycles. The fraction of sp³-hybridized carbons (Fsp3) is 0.400. The van der Waals surface area contributed by atoms with Gasteiger partial charge in [0, 0.05) is 6.04 Å². The van der Waals surface area contributed by atoms with Gasteiger partial charge in [-0.3, -0.25) is 0 Å². The van der Waals surface area contributed by atoms with Crippen LogP contribution in [0.1, 0.15) is 29.7 Å². The van der Waals surface area contributed by atoms with E-state index in [0.717, 1.165) is 13.2 Å². The highest BCUT2D eigenvalue weighted by molar-refractivity contribution is 5.37. The standard InChI is InChI=1S/C10H13NO/c1-7(11)9-4-2-3-8-5-12-6-10(8)9/h2-4,7H,5-6,11H2,1H3. The Morgan fingerprint density at radius 2 is 2.25 bits per heavy atom. The number of ether oxygens (including phenoxy) is 1. The Labute approximate surface area is 72.3 Å². The highest BCUT2D eigenvalue weighted by Crippen LogP contribution is 2.26. The third-order valence-electron chi connectivity index (χ3n) is 2.30. The van der Waals surface area contributed by atoms with Crippen LogP contribution in [0.15, 0.2) is 18.2 Å². The minimum absolute atomic E-state index is 0.113. The molecule has 64 valence electrons. The molecule has 0 spiro atoms. The maximum atomic E-state index is 5.83. The Hall–Kier alpha value is -0.860. The van der Waals surface area contributed by atoms with E-state index in [4.69, 9.17) is 10.5 Å². The van der Waals surface area contributed by atoms with Gasteiger partial charge in [0.05, 0.1) is 13.2 Å². The highest BCUT2D eigenvalue weighted by Gasteiger charge is 2.15. The lowest BCUT2D eigenvalue weighted by Crippen LogP contribution is -2.07. The first-order valence-electron chi connectivity index (χ1n) is 4.23. The molecule has 2 nitrogen and oxygen atoms in total. The Morgan fingerprint density at radius 1 is 1.42 bits per heavy atom. The summed E-state index contributed by atoms with van der Waals surface area (Å²) in [5.41, 5.74) is 9.65. The van der Waals surface area contributed by atoms with Gasteiger partial charge in [-0.1, -0.05) is 18.2 Å². The zero-order valence-electron chi connectivity index (χ0n) is 7.21. The molecule has 2 rings (SSSR count). The molecule has 1 unspecified atom stereocenters. The van der Waals surface area contributed by atoms with Gasteiger partial charge in [0.1, 0.15) is 0 Å². The van der Waals surface area contributed by atoms with E-state index in [9.17, 15) is 0 Å². The third kappa shape index (κ3) is 1.13. The molecule has 0 bridgehead atoms. The molecule has 0 radical (unpaired) electrons. The number of benzene rings is 1. The van der Waals surface area contributed by atoms with Crippen molar-refractivity contribution in [2.75, 3.05) is 0 Å². The second kappa shape index (κ2) is 2.88. The molecular formula is C10H13NO. The zero-order valence-corrected chi connectivity index (χ0v) is 7.21. The Morgan fingerprint density at radius 3 is 3.00 bits per heavy atom. The second-order valence-electron chi connectivity index (χ2n) is 3.27. The lowest BCUT2D eigenvalue weighted by Gasteiger charge is -2.09. The molecular weight excluding hydrogens is 150 g/mol. The first-order chi connectivity index (χ1) is 5.79. The third-order valence-corrected chi connectivity index (χ3v) is 2.30. The number of nitrogens with two attached hydrogens (primary N) is 1. The smallest absolute Gasteiger partial charge is 0.0728 e. The van der Waals surface area contributed by atoms with E-state index >= 15 is 0 Å². The predicted octanol–water partition coefficient (Wildman–Crippen LogP) is 1.74. The average molecular weight is 163 g/mol. The van der Waals surface area contributed by atoms with Gasteiger partial charge in [-0.2, -0.15) is 0 Å². The summed E-state index contributed by atoms with van der Waals surface area (Å²) in [6.07, 6.45) is 0. The fourth-order valence-corrected chi connectivity index (χ4v) is 1.66. The number of hydrogen-bond acceptors (Lipinski definition) is 2. The molecule has 1 aromatic rings. The molecule has 2 heteroatoms. The van der Waals surface area contributed by atoms with Crippen LogP contribution in [0.3, 0.4) is 0 Å². The van der Waals surface area contributed by atoms with Crippen LogP contribution in [0.25, 0.3) is 0 Å². The summed E-state index contributed by atoms with van der Waals surface area (Å²) in [6.45, 7) is 3.48.